The van der Waals surface area contributed by atoms with Crippen LogP contribution in [-0.2, 0) is 30.8 Å². The van der Waals surface area contributed by atoms with Crippen LogP contribution in [0.3, 0.4) is 0 Å². The van der Waals surface area contributed by atoms with Crippen LogP contribution in [0.5, 0.6) is 5.75 Å². The summed E-state index contributed by atoms with van der Waals surface area (Å²) >= 11 is 19.4. The van der Waals surface area contributed by atoms with Gasteiger partial charge in [-0.2, -0.15) is 18.2 Å². The number of allylic oxidation sites excluding steroid dienone is 2. The Hall–Kier alpha value is -5.24. The van der Waals surface area contributed by atoms with Gasteiger partial charge >= 0.3 is 6.18 Å². The number of carbonyl (C=O) groups excluding carboxylic acids is 5. The second-order valence-electron chi connectivity index (χ2n) is 14.2. The van der Waals surface area contributed by atoms with Crippen molar-refractivity contribution in [1.82, 2.24) is 9.99 Å². The number of hydrogen-bond donors (Lipinski definition) is 2. The Morgan fingerprint density at radius 3 is 2.21 bits per heavy atom. The molecule has 0 bridgehead atoms. The number of hydrogen-bond acceptors (Lipinski definition) is 8. The van der Waals surface area contributed by atoms with Crippen LogP contribution in [0.1, 0.15) is 52.7 Å². The minimum atomic E-state index is -4.77. The Morgan fingerprint density at radius 2 is 1.59 bits per heavy atom. The van der Waals surface area contributed by atoms with E-state index in [1.165, 1.54) is 49.4 Å². The molecule has 0 radical (unpaired) electrons. The molecule has 2 aliphatic heterocycles. The summed E-state index contributed by atoms with van der Waals surface area (Å²) in [6, 6.07) is 17.2. The summed E-state index contributed by atoms with van der Waals surface area (Å²) in [6.07, 6.45) is -2.45. The van der Waals surface area contributed by atoms with Gasteiger partial charge in [-0.25, -0.2) is 4.98 Å². The van der Waals surface area contributed by atoms with Gasteiger partial charge in [0.05, 0.1) is 39.4 Å². The SMILES string of the molecule is CC(=O)c1ccc(N2C(=O)[C@H]3[C@H](CC=C4[C@H]3C[C@H]3C(=O)N(Nc5ncc(C(F)(F)F)cc5Cl)C(=O)[C@@]3(c3ccc(Cl)cc3)[C@H]4c3ccc(O)cc3Cl)C2=O)cc1. The van der Waals surface area contributed by atoms with Gasteiger partial charge in [-0.05, 0) is 91.4 Å². The highest BCUT2D eigenvalue weighted by Crippen LogP contribution is 2.65. The Balaban J connectivity index is 1.30. The fourth-order valence-corrected chi connectivity index (χ4v) is 9.60. The predicted molar refractivity (Wildman–Crippen MR) is 199 cm³/mol. The number of aromatic nitrogens is 1. The Morgan fingerprint density at radius 1 is 0.893 bits per heavy atom. The number of fused-ring (bicyclic) bond motifs is 4. The fraction of sp³-hybridized carbons (Fsp3) is 0.250. The highest BCUT2D eigenvalue weighted by Gasteiger charge is 2.70. The highest BCUT2D eigenvalue weighted by molar-refractivity contribution is 6.33. The van der Waals surface area contributed by atoms with Crippen LogP contribution in [0, 0.1) is 23.7 Å². The van der Waals surface area contributed by atoms with E-state index in [2.05, 4.69) is 10.4 Å². The van der Waals surface area contributed by atoms with Crippen molar-refractivity contribution >= 4 is 75.7 Å². The first-order valence-corrected chi connectivity index (χ1v) is 18.5. The van der Waals surface area contributed by atoms with Gasteiger partial charge in [-0.3, -0.25) is 34.3 Å². The number of benzene rings is 3. The molecule has 0 unspecified atom stereocenters. The van der Waals surface area contributed by atoms with Crippen molar-refractivity contribution in [2.45, 2.75) is 37.3 Å². The number of carbonyl (C=O) groups is 5. The molecular weight excluding hydrogens is 796 g/mol. The molecule has 0 spiro atoms. The number of halogens is 6. The molecule has 1 saturated carbocycles. The van der Waals surface area contributed by atoms with Crippen LogP contribution in [0.2, 0.25) is 15.1 Å². The number of anilines is 2. The van der Waals surface area contributed by atoms with Crippen molar-refractivity contribution in [1.29, 1.82) is 0 Å². The van der Waals surface area contributed by atoms with Gasteiger partial charge < -0.3 is 5.11 Å². The van der Waals surface area contributed by atoms with Gasteiger partial charge in [-0.1, -0.05) is 64.7 Å². The maximum atomic E-state index is 15.3. The van der Waals surface area contributed by atoms with Crippen LogP contribution in [0.15, 0.2) is 90.6 Å². The van der Waals surface area contributed by atoms with Crippen LogP contribution >= 0.6 is 34.8 Å². The number of hydrazine groups is 1. The van der Waals surface area contributed by atoms with Crippen LogP contribution in [-0.4, -0.2) is 44.5 Å². The van der Waals surface area contributed by atoms with Crippen LogP contribution in [0.25, 0.3) is 0 Å². The number of aromatic hydroxyl groups is 1. The molecular formula is C40H28Cl3F3N4O6. The second-order valence-corrected chi connectivity index (χ2v) is 15.5. The first-order valence-electron chi connectivity index (χ1n) is 17.3. The lowest BCUT2D eigenvalue weighted by Crippen LogP contribution is -2.53. The number of phenolic OH excluding ortho intramolecular Hbond substituents is 1. The maximum absolute atomic E-state index is 15.3. The molecule has 2 N–H and O–H groups in total. The van der Waals surface area contributed by atoms with Crippen molar-refractivity contribution in [2.24, 2.45) is 23.7 Å². The molecule has 4 aromatic rings. The smallest absolute Gasteiger partial charge is 0.417 e. The van der Waals surface area contributed by atoms with Gasteiger partial charge in [-0.15, -0.1) is 0 Å². The quantitative estimate of drug-likeness (QED) is 0.113. The average Bonchev–Trinajstić information content (AvgIpc) is 3.53. The van der Waals surface area contributed by atoms with E-state index in [1.54, 1.807) is 24.3 Å². The number of ketones is 1. The molecule has 3 aromatic carbocycles. The number of alkyl halides is 3. The molecule has 286 valence electrons. The number of nitrogens with one attached hydrogen (secondary N) is 1. The molecule has 4 amide bonds. The molecule has 2 aliphatic carbocycles. The van der Waals surface area contributed by atoms with Gasteiger partial charge in [0.15, 0.2) is 11.6 Å². The minimum absolute atomic E-state index is 0.0471. The largest absolute Gasteiger partial charge is 0.508 e. The summed E-state index contributed by atoms with van der Waals surface area (Å²) in [5.41, 5.74) is 1.53. The lowest BCUT2D eigenvalue weighted by molar-refractivity contribution is -0.139. The highest BCUT2D eigenvalue weighted by atomic mass is 35.5. The number of nitrogens with zero attached hydrogens (tertiary/aromatic N) is 3. The molecule has 3 fully saturated rings. The standard InChI is InChI=1S/C40H28Cl3F3N4O6/c1-18(51)19-2-8-23(9-3-19)49-35(53)27-13-12-25-28(32(27)37(49)55)16-29-36(54)50(48-34-31(43)14-21(17-47-34)40(44,45)46)38(56)39(29,20-4-6-22(41)7-5-20)33(25)26-11-10-24(52)15-30(26)42/h2-12,14-15,17,27-29,32-33,52H,13,16H2,1H3,(H,47,48)/t27-,28+,29-,32-,33+,39+/m0/s1. The molecule has 56 heavy (non-hydrogen) atoms. The van der Waals surface area contributed by atoms with Crippen molar-refractivity contribution < 1.29 is 42.3 Å². The van der Waals surface area contributed by atoms with Crippen molar-refractivity contribution in [3.8, 4) is 5.75 Å². The van der Waals surface area contributed by atoms with E-state index >= 15 is 4.79 Å². The summed E-state index contributed by atoms with van der Waals surface area (Å²) in [5.74, 6) is -8.25. The number of amides is 4. The molecule has 1 aromatic heterocycles. The third kappa shape index (κ3) is 5.69. The summed E-state index contributed by atoms with van der Waals surface area (Å²) in [4.78, 5) is 75.5. The topological polar surface area (TPSA) is 137 Å². The minimum Gasteiger partial charge on any atom is -0.508 e. The summed E-state index contributed by atoms with van der Waals surface area (Å²) in [5, 5.41) is 10.9. The van der Waals surface area contributed by atoms with E-state index in [9.17, 15) is 37.5 Å². The third-order valence-corrected chi connectivity index (χ3v) is 12.3. The Labute approximate surface area is 331 Å². The number of phenols is 1. The fourth-order valence-electron chi connectivity index (χ4n) is 8.98. The summed E-state index contributed by atoms with van der Waals surface area (Å²) in [6.45, 7) is 1.40. The summed E-state index contributed by atoms with van der Waals surface area (Å²) < 4.78 is 40.4. The van der Waals surface area contributed by atoms with E-state index < -0.39 is 81.2 Å². The predicted octanol–water partition coefficient (Wildman–Crippen LogP) is 8.16. The van der Waals surface area contributed by atoms with Crippen molar-refractivity contribution in [2.75, 3.05) is 10.3 Å². The normalized spacial score (nSPS) is 25.8. The lowest BCUT2D eigenvalue weighted by Gasteiger charge is -2.50. The zero-order valence-electron chi connectivity index (χ0n) is 29.0. The van der Waals surface area contributed by atoms with E-state index in [1.807, 2.05) is 6.08 Å². The number of Topliss-reactive ketones (excluding diaryl/α,β-unsaturated/α-hetero) is 1. The zero-order valence-corrected chi connectivity index (χ0v) is 31.2. The monoisotopic (exact) mass is 822 g/mol. The molecule has 4 aliphatic rings. The molecule has 10 nitrogen and oxygen atoms in total. The van der Waals surface area contributed by atoms with Crippen LogP contribution in [0.4, 0.5) is 24.7 Å². The Kier molecular flexibility index (Phi) is 9.05. The first-order chi connectivity index (χ1) is 26.5. The lowest BCUT2D eigenvalue weighted by atomic mass is 9.49. The average molecular weight is 824 g/mol. The molecule has 2 saturated heterocycles. The van der Waals surface area contributed by atoms with E-state index in [-0.39, 0.29) is 35.1 Å². The number of pyridine rings is 1. The molecule has 6 atom stereocenters. The second kappa shape index (κ2) is 13.5. The Bertz CT molecular complexity index is 2410. The van der Waals surface area contributed by atoms with Gasteiger partial charge in [0.2, 0.25) is 11.8 Å². The maximum Gasteiger partial charge on any atom is 0.417 e. The molecule has 8 rings (SSSR count). The first kappa shape index (κ1) is 37.7. The number of rotatable bonds is 6. The van der Waals surface area contributed by atoms with E-state index in [4.69, 9.17) is 34.8 Å². The number of imide groups is 2. The van der Waals surface area contributed by atoms with E-state index in [0.29, 0.717) is 44.6 Å². The van der Waals surface area contributed by atoms with E-state index in [0.717, 1.165) is 4.90 Å². The van der Waals surface area contributed by atoms with Crippen LogP contribution < -0.4 is 10.3 Å². The third-order valence-electron chi connectivity index (χ3n) is 11.4. The summed E-state index contributed by atoms with van der Waals surface area (Å²) in [7, 11) is 0. The van der Waals surface area contributed by atoms with Crippen molar-refractivity contribution in [3.63, 3.8) is 0 Å². The van der Waals surface area contributed by atoms with Gasteiger partial charge in [0.1, 0.15) is 5.75 Å². The van der Waals surface area contributed by atoms with Gasteiger partial charge in [0, 0.05) is 27.7 Å². The van der Waals surface area contributed by atoms with Gasteiger partial charge in [0.25, 0.3) is 11.8 Å². The zero-order chi connectivity index (χ0) is 40.0. The molecule has 16 heteroatoms. The van der Waals surface area contributed by atoms with Crippen molar-refractivity contribution in [3.05, 3.63) is 128 Å². The molecule has 3 heterocycles.